The molecule has 1 heterocycles. The number of urea groups is 1. The van der Waals surface area contributed by atoms with Crippen LogP contribution in [-0.4, -0.2) is 20.9 Å². The number of nitrogens with one attached hydrogen (secondary N) is 2. The fraction of sp³-hybridized carbons (Fsp3) is 0.333. The molecular formula is C15H20N4O2. The van der Waals surface area contributed by atoms with Crippen molar-refractivity contribution in [2.24, 2.45) is 7.05 Å². The molecule has 0 aliphatic carbocycles. The average Bonchev–Trinajstić information content (AvgIpc) is 2.71. The summed E-state index contributed by atoms with van der Waals surface area (Å²) in [6.07, 6.45) is 0. The number of phenols is 1. The van der Waals surface area contributed by atoms with Crippen LogP contribution in [-0.2, 0) is 13.6 Å². The Labute approximate surface area is 123 Å². The van der Waals surface area contributed by atoms with Crippen molar-refractivity contribution in [3.05, 3.63) is 40.6 Å². The number of aromatic nitrogens is 2. The number of phenolic OH excluding ortho intramolecular Hbond substituents is 1. The molecule has 0 spiro atoms. The minimum absolute atomic E-state index is 0.290. The summed E-state index contributed by atoms with van der Waals surface area (Å²) in [4.78, 5) is 11.9. The van der Waals surface area contributed by atoms with Crippen LogP contribution in [0.4, 0.5) is 10.6 Å². The van der Waals surface area contributed by atoms with Gasteiger partial charge in [0, 0.05) is 19.7 Å². The summed E-state index contributed by atoms with van der Waals surface area (Å²) in [5, 5.41) is 19.4. The lowest BCUT2D eigenvalue weighted by Crippen LogP contribution is -2.29. The van der Waals surface area contributed by atoms with E-state index in [4.69, 9.17) is 0 Å². The van der Waals surface area contributed by atoms with Gasteiger partial charge in [0.2, 0.25) is 0 Å². The van der Waals surface area contributed by atoms with Crippen LogP contribution in [0.3, 0.4) is 0 Å². The summed E-state index contributed by atoms with van der Waals surface area (Å²) in [5.41, 5.74) is 3.39. The number of rotatable bonds is 3. The lowest BCUT2D eigenvalue weighted by atomic mass is 10.1. The molecule has 0 saturated heterocycles. The van der Waals surface area contributed by atoms with Crippen LogP contribution >= 0.6 is 0 Å². The Morgan fingerprint density at radius 1 is 1.24 bits per heavy atom. The first-order chi connectivity index (χ1) is 9.86. The van der Waals surface area contributed by atoms with Gasteiger partial charge in [0.05, 0.1) is 5.69 Å². The zero-order valence-electron chi connectivity index (χ0n) is 12.7. The number of carbonyl (C=O) groups is 1. The Bertz CT molecular complexity index is 653. The van der Waals surface area contributed by atoms with E-state index < -0.39 is 0 Å². The second-order valence-electron chi connectivity index (χ2n) is 5.18. The van der Waals surface area contributed by atoms with E-state index in [0.29, 0.717) is 18.1 Å². The number of aromatic hydroxyl groups is 1. The Kier molecular flexibility index (Phi) is 4.16. The molecule has 1 aromatic heterocycles. The monoisotopic (exact) mass is 288 g/mol. The molecule has 0 fully saturated rings. The summed E-state index contributed by atoms with van der Waals surface area (Å²) in [6.45, 7) is 5.93. The molecule has 1 aromatic carbocycles. The highest BCUT2D eigenvalue weighted by atomic mass is 16.3. The van der Waals surface area contributed by atoms with Gasteiger partial charge >= 0.3 is 6.03 Å². The molecule has 6 nitrogen and oxygen atoms in total. The molecule has 2 aromatic rings. The topological polar surface area (TPSA) is 79.2 Å². The fourth-order valence-corrected chi connectivity index (χ4v) is 2.22. The Balaban J connectivity index is 1.97. The third kappa shape index (κ3) is 3.53. The molecule has 21 heavy (non-hydrogen) atoms. The van der Waals surface area contributed by atoms with Gasteiger partial charge in [-0.3, -0.25) is 10.00 Å². The number of carbonyl (C=O) groups excluding carboxylic acids is 1. The van der Waals surface area contributed by atoms with Gasteiger partial charge in [-0.05, 0) is 37.5 Å². The highest BCUT2D eigenvalue weighted by Gasteiger charge is 2.08. The maximum Gasteiger partial charge on any atom is 0.320 e. The zero-order chi connectivity index (χ0) is 15.6. The van der Waals surface area contributed by atoms with Gasteiger partial charge in [-0.2, -0.15) is 5.10 Å². The van der Waals surface area contributed by atoms with Gasteiger partial charge in [0.1, 0.15) is 11.6 Å². The Morgan fingerprint density at radius 3 is 2.38 bits per heavy atom. The van der Waals surface area contributed by atoms with E-state index in [-0.39, 0.29) is 6.03 Å². The van der Waals surface area contributed by atoms with Gasteiger partial charge in [0.25, 0.3) is 0 Å². The van der Waals surface area contributed by atoms with E-state index in [9.17, 15) is 9.90 Å². The minimum atomic E-state index is -0.290. The summed E-state index contributed by atoms with van der Waals surface area (Å²) < 4.78 is 1.61. The number of nitrogens with zero attached hydrogens (tertiary/aromatic N) is 2. The highest BCUT2D eigenvalue weighted by Crippen LogP contribution is 2.22. The second kappa shape index (κ2) is 5.87. The molecule has 2 rings (SSSR count). The zero-order valence-corrected chi connectivity index (χ0v) is 12.7. The van der Waals surface area contributed by atoms with E-state index in [1.807, 2.05) is 32.9 Å². The summed E-state index contributed by atoms with van der Waals surface area (Å²) in [6, 6.07) is 5.23. The molecule has 0 unspecified atom stereocenters. The first-order valence-electron chi connectivity index (χ1n) is 6.71. The highest BCUT2D eigenvalue weighted by molar-refractivity contribution is 5.88. The van der Waals surface area contributed by atoms with Crippen LogP contribution < -0.4 is 10.6 Å². The lowest BCUT2D eigenvalue weighted by molar-refractivity contribution is 0.251. The van der Waals surface area contributed by atoms with E-state index in [1.54, 1.807) is 17.8 Å². The van der Waals surface area contributed by atoms with E-state index in [0.717, 1.165) is 22.4 Å². The Hall–Kier alpha value is -2.50. The maximum atomic E-state index is 11.9. The molecule has 0 aliphatic rings. The number of anilines is 1. The SMILES string of the molecule is Cc1cc(NC(=O)NCc2cc(C)c(O)c(C)c2)n(C)n1. The third-order valence-electron chi connectivity index (χ3n) is 3.25. The van der Waals surface area contributed by atoms with E-state index in [2.05, 4.69) is 15.7 Å². The molecule has 0 radical (unpaired) electrons. The van der Waals surface area contributed by atoms with Crippen molar-refractivity contribution < 1.29 is 9.90 Å². The van der Waals surface area contributed by atoms with Gasteiger partial charge in [-0.1, -0.05) is 12.1 Å². The van der Waals surface area contributed by atoms with Crippen molar-refractivity contribution in [1.29, 1.82) is 0 Å². The van der Waals surface area contributed by atoms with Crippen LogP contribution in [0.2, 0.25) is 0 Å². The predicted molar refractivity (Wildman–Crippen MR) is 81.4 cm³/mol. The first-order valence-corrected chi connectivity index (χ1v) is 6.71. The van der Waals surface area contributed by atoms with Crippen molar-refractivity contribution in [1.82, 2.24) is 15.1 Å². The average molecular weight is 288 g/mol. The summed E-state index contributed by atoms with van der Waals surface area (Å²) in [7, 11) is 1.77. The molecular weight excluding hydrogens is 268 g/mol. The smallest absolute Gasteiger partial charge is 0.320 e. The van der Waals surface area contributed by atoms with Gasteiger partial charge < -0.3 is 10.4 Å². The van der Waals surface area contributed by atoms with Crippen LogP contribution in [0, 0.1) is 20.8 Å². The van der Waals surface area contributed by atoms with Crippen molar-refractivity contribution in [2.45, 2.75) is 27.3 Å². The van der Waals surface area contributed by atoms with Crippen molar-refractivity contribution in [2.75, 3.05) is 5.32 Å². The Morgan fingerprint density at radius 2 is 1.86 bits per heavy atom. The maximum absolute atomic E-state index is 11.9. The number of hydrogen-bond donors (Lipinski definition) is 3. The van der Waals surface area contributed by atoms with Crippen molar-refractivity contribution >= 4 is 11.8 Å². The van der Waals surface area contributed by atoms with E-state index in [1.165, 1.54) is 0 Å². The van der Waals surface area contributed by atoms with Gasteiger partial charge in [-0.15, -0.1) is 0 Å². The van der Waals surface area contributed by atoms with Crippen LogP contribution in [0.15, 0.2) is 18.2 Å². The molecule has 3 N–H and O–H groups in total. The summed E-state index contributed by atoms with van der Waals surface area (Å²) in [5.74, 6) is 0.941. The first kappa shape index (κ1) is 14.9. The van der Waals surface area contributed by atoms with Crippen molar-refractivity contribution in [3.8, 4) is 5.75 Å². The standard InChI is InChI=1S/C15H20N4O2/c1-9-5-12(6-10(2)14(9)20)8-16-15(21)17-13-7-11(3)18-19(13)4/h5-7,20H,8H2,1-4H3,(H2,16,17,21). The van der Waals surface area contributed by atoms with Crippen LogP contribution in [0.5, 0.6) is 5.75 Å². The molecule has 0 atom stereocenters. The summed E-state index contributed by atoms with van der Waals surface area (Å²) >= 11 is 0. The van der Waals surface area contributed by atoms with Gasteiger partial charge in [-0.25, -0.2) is 4.79 Å². The van der Waals surface area contributed by atoms with Gasteiger partial charge in [0.15, 0.2) is 0 Å². The minimum Gasteiger partial charge on any atom is -0.507 e. The molecule has 0 saturated carbocycles. The largest absolute Gasteiger partial charge is 0.507 e. The number of aryl methyl sites for hydroxylation is 4. The lowest BCUT2D eigenvalue weighted by Gasteiger charge is -2.10. The number of benzene rings is 1. The van der Waals surface area contributed by atoms with Crippen molar-refractivity contribution in [3.63, 3.8) is 0 Å². The van der Waals surface area contributed by atoms with Crippen LogP contribution in [0.25, 0.3) is 0 Å². The van der Waals surface area contributed by atoms with E-state index >= 15 is 0 Å². The fourth-order valence-electron chi connectivity index (χ4n) is 2.22. The second-order valence-corrected chi connectivity index (χ2v) is 5.18. The quantitative estimate of drug-likeness (QED) is 0.811. The van der Waals surface area contributed by atoms with Crippen LogP contribution in [0.1, 0.15) is 22.4 Å². The number of amides is 2. The predicted octanol–water partition coefficient (Wildman–Crippen LogP) is 2.37. The molecule has 112 valence electrons. The molecule has 6 heteroatoms. The third-order valence-corrected chi connectivity index (χ3v) is 3.25. The normalized spacial score (nSPS) is 10.5. The molecule has 2 amide bonds. The number of hydrogen-bond acceptors (Lipinski definition) is 3. The molecule has 0 aliphatic heterocycles. The molecule has 0 bridgehead atoms.